The van der Waals surface area contributed by atoms with Crippen molar-refractivity contribution < 1.29 is 13.2 Å². The van der Waals surface area contributed by atoms with E-state index in [2.05, 4.69) is 29.1 Å². The van der Waals surface area contributed by atoms with E-state index < -0.39 is 12.0 Å². The molecule has 0 aromatic carbocycles. The molecule has 1 N–H and O–H groups in total. The maximum absolute atomic E-state index is 12.7. The first-order valence-electron chi connectivity index (χ1n) is 6.09. The van der Waals surface area contributed by atoms with Crippen molar-refractivity contribution in [2.24, 2.45) is 5.92 Å². The van der Waals surface area contributed by atoms with Gasteiger partial charge in [-0.3, -0.25) is 0 Å². The Labute approximate surface area is 111 Å². The van der Waals surface area contributed by atoms with Gasteiger partial charge in [0.1, 0.15) is 11.6 Å². The van der Waals surface area contributed by atoms with Crippen molar-refractivity contribution in [1.29, 1.82) is 0 Å². The van der Waals surface area contributed by atoms with Gasteiger partial charge in [0.2, 0.25) is 5.82 Å². The maximum atomic E-state index is 12.7. The molecule has 1 heterocycles. The highest BCUT2D eigenvalue weighted by Gasteiger charge is 2.35. The highest BCUT2D eigenvalue weighted by atomic mass is 19.4. The second-order valence-corrected chi connectivity index (χ2v) is 4.79. The Balaban J connectivity index is 2.99. The molecule has 0 aliphatic rings. The minimum atomic E-state index is -4.54. The van der Waals surface area contributed by atoms with Crippen molar-refractivity contribution in [2.45, 2.75) is 26.4 Å². The summed E-state index contributed by atoms with van der Waals surface area (Å²) < 4.78 is 38.1. The largest absolute Gasteiger partial charge is 0.451 e. The molecule has 0 aliphatic carbocycles. The minimum absolute atomic E-state index is 0.161. The van der Waals surface area contributed by atoms with Crippen LogP contribution in [0.25, 0.3) is 0 Å². The number of aromatic nitrogens is 2. The number of rotatable bonds is 5. The van der Waals surface area contributed by atoms with Gasteiger partial charge in [-0.15, -0.1) is 0 Å². The zero-order chi connectivity index (χ0) is 14.6. The van der Waals surface area contributed by atoms with Crippen molar-refractivity contribution in [3.8, 4) is 0 Å². The average Bonchev–Trinajstić information content (AvgIpc) is 2.34. The molecule has 0 bridgehead atoms. The fraction of sp³-hybridized carbons (Fsp3) is 0.667. The van der Waals surface area contributed by atoms with E-state index in [9.17, 15) is 13.2 Å². The van der Waals surface area contributed by atoms with Crippen LogP contribution in [-0.4, -0.2) is 30.6 Å². The Morgan fingerprint density at radius 2 is 1.95 bits per heavy atom. The fourth-order valence-electron chi connectivity index (χ4n) is 1.45. The first-order valence-corrected chi connectivity index (χ1v) is 6.09. The third-order valence-electron chi connectivity index (χ3n) is 2.66. The molecule has 4 nitrogen and oxygen atoms in total. The molecule has 108 valence electrons. The van der Waals surface area contributed by atoms with E-state index in [1.165, 1.54) is 13.1 Å². The van der Waals surface area contributed by atoms with E-state index in [0.717, 1.165) is 6.42 Å². The summed E-state index contributed by atoms with van der Waals surface area (Å²) in [5.41, 5.74) is 0. The molecule has 0 unspecified atom stereocenters. The van der Waals surface area contributed by atoms with E-state index in [-0.39, 0.29) is 11.6 Å². The first-order chi connectivity index (χ1) is 8.74. The number of anilines is 2. The highest BCUT2D eigenvalue weighted by molar-refractivity contribution is 5.48. The summed E-state index contributed by atoms with van der Waals surface area (Å²) in [5, 5.41) is 2.62. The summed E-state index contributed by atoms with van der Waals surface area (Å²) in [6, 6.07) is 1.51. The maximum Gasteiger partial charge on any atom is 0.451 e. The Morgan fingerprint density at radius 1 is 1.32 bits per heavy atom. The zero-order valence-electron chi connectivity index (χ0n) is 11.5. The van der Waals surface area contributed by atoms with Crippen LogP contribution in [0, 0.1) is 5.92 Å². The summed E-state index contributed by atoms with van der Waals surface area (Å²) in [6.45, 7) is 4.77. The molecule has 0 saturated carbocycles. The SMILES string of the molecule is CNc1cc(N(C)CCC(C)C)nc(C(F)(F)F)n1. The summed E-state index contributed by atoms with van der Waals surface area (Å²) in [5.74, 6) is -0.207. The number of halogens is 3. The summed E-state index contributed by atoms with van der Waals surface area (Å²) in [6.07, 6.45) is -3.66. The first kappa shape index (κ1) is 15.5. The van der Waals surface area contributed by atoms with E-state index >= 15 is 0 Å². The topological polar surface area (TPSA) is 41.0 Å². The molecule has 0 amide bonds. The number of nitrogens with zero attached hydrogens (tertiary/aromatic N) is 3. The normalized spacial score (nSPS) is 11.8. The van der Waals surface area contributed by atoms with Crippen molar-refractivity contribution in [3.63, 3.8) is 0 Å². The Morgan fingerprint density at radius 3 is 2.42 bits per heavy atom. The molecular weight excluding hydrogens is 257 g/mol. The van der Waals surface area contributed by atoms with Crippen molar-refractivity contribution in [3.05, 3.63) is 11.9 Å². The molecule has 1 aromatic heterocycles. The van der Waals surface area contributed by atoms with Crippen molar-refractivity contribution >= 4 is 11.6 Å². The molecule has 0 saturated heterocycles. The van der Waals surface area contributed by atoms with Crippen LogP contribution in [0.5, 0.6) is 0 Å². The van der Waals surface area contributed by atoms with Crippen LogP contribution < -0.4 is 10.2 Å². The van der Waals surface area contributed by atoms with E-state index in [1.807, 2.05) is 0 Å². The molecule has 1 rings (SSSR count). The molecular formula is C12H19F3N4. The molecule has 0 fully saturated rings. The standard InChI is InChI=1S/C12H19F3N4/c1-8(2)5-6-19(4)10-7-9(16-3)17-11(18-10)12(13,14)15/h7-8H,5-6H2,1-4H3,(H,16,17,18). The Kier molecular flexibility index (Phi) is 4.97. The lowest BCUT2D eigenvalue weighted by molar-refractivity contribution is -0.144. The third kappa shape index (κ3) is 4.57. The van der Waals surface area contributed by atoms with Crippen LogP contribution in [0.3, 0.4) is 0 Å². The molecule has 1 aromatic rings. The molecule has 7 heteroatoms. The van der Waals surface area contributed by atoms with E-state index in [4.69, 9.17) is 0 Å². The van der Waals surface area contributed by atoms with Gasteiger partial charge in [0, 0.05) is 26.7 Å². The quantitative estimate of drug-likeness (QED) is 0.897. The van der Waals surface area contributed by atoms with Gasteiger partial charge in [-0.25, -0.2) is 9.97 Å². The van der Waals surface area contributed by atoms with Gasteiger partial charge < -0.3 is 10.2 Å². The lowest BCUT2D eigenvalue weighted by Crippen LogP contribution is -2.23. The molecule has 0 spiro atoms. The second kappa shape index (κ2) is 6.08. The second-order valence-electron chi connectivity index (χ2n) is 4.79. The minimum Gasteiger partial charge on any atom is -0.373 e. The van der Waals surface area contributed by atoms with Gasteiger partial charge in [-0.2, -0.15) is 13.2 Å². The average molecular weight is 276 g/mol. The number of alkyl halides is 3. The number of hydrogen-bond donors (Lipinski definition) is 1. The van der Waals surface area contributed by atoms with Gasteiger partial charge in [-0.1, -0.05) is 13.8 Å². The van der Waals surface area contributed by atoms with Gasteiger partial charge in [0.05, 0.1) is 0 Å². The summed E-state index contributed by atoms with van der Waals surface area (Å²) in [7, 11) is 3.25. The van der Waals surface area contributed by atoms with E-state index in [1.54, 1.807) is 11.9 Å². The molecule has 19 heavy (non-hydrogen) atoms. The van der Waals surface area contributed by atoms with Gasteiger partial charge in [-0.05, 0) is 12.3 Å². The predicted octanol–water partition coefficient (Wildman–Crippen LogP) is 3.02. The van der Waals surface area contributed by atoms with Crippen LogP contribution >= 0.6 is 0 Å². The molecule has 0 radical (unpaired) electrons. The summed E-state index contributed by atoms with van der Waals surface area (Å²) in [4.78, 5) is 8.71. The Bertz CT molecular complexity index is 418. The lowest BCUT2D eigenvalue weighted by Gasteiger charge is -2.20. The van der Waals surface area contributed by atoms with Crippen LogP contribution in [0.15, 0.2) is 6.07 Å². The molecule has 0 atom stereocenters. The van der Waals surface area contributed by atoms with Crippen molar-refractivity contribution in [1.82, 2.24) is 9.97 Å². The van der Waals surface area contributed by atoms with E-state index in [0.29, 0.717) is 12.5 Å². The van der Waals surface area contributed by atoms with Crippen LogP contribution in [0.2, 0.25) is 0 Å². The molecule has 0 aliphatic heterocycles. The van der Waals surface area contributed by atoms with Crippen LogP contribution in [0.4, 0.5) is 24.8 Å². The highest BCUT2D eigenvalue weighted by Crippen LogP contribution is 2.29. The van der Waals surface area contributed by atoms with Gasteiger partial charge >= 0.3 is 6.18 Å². The monoisotopic (exact) mass is 276 g/mol. The lowest BCUT2D eigenvalue weighted by atomic mass is 10.1. The van der Waals surface area contributed by atoms with Crippen LogP contribution in [0.1, 0.15) is 26.1 Å². The number of nitrogens with one attached hydrogen (secondary N) is 1. The van der Waals surface area contributed by atoms with Gasteiger partial charge in [0.25, 0.3) is 0 Å². The predicted molar refractivity (Wildman–Crippen MR) is 69.3 cm³/mol. The smallest absolute Gasteiger partial charge is 0.373 e. The summed E-state index contributed by atoms with van der Waals surface area (Å²) >= 11 is 0. The third-order valence-corrected chi connectivity index (χ3v) is 2.66. The van der Waals surface area contributed by atoms with Gasteiger partial charge in [0.15, 0.2) is 0 Å². The fourth-order valence-corrected chi connectivity index (χ4v) is 1.45. The van der Waals surface area contributed by atoms with Crippen molar-refractivity contribution in [2.75, 3.05) is 30.9 Å². The Hall–Kier alpha value is -1.53. The van der Waals surface area contributed by atoms with Crippen LogP contribution in [-0.2, 0) is 6.18 Å². The zero-order valence-corrected chi connectivity index (χ0v) is 11.5. The number of hydrogen-bond acceptors (Lipinski definition) is 4.